The summed E-state index contributed by atoms with van der Waals surface area (Å²) in [6.07, 6.45) is 0. The van der Waals surface area contributed by atoms with Crippen LogP contribution >= 0.6 is 0 Å². The van der Waals surface area contributed by atoms with Crippen LogP contribution in [0.5, 0.6) is 0 Å². The third-order valence-corrected chi connectivity index (χ3v) is 11.0. The summed E-state index contributed by atoms with van der Waals surface area (Å²) in [6, 6.07) is 0. The van der Waals surface area contributed by atoms with Gasteiger partial charge in [0.1, 0.15) is 10.5 Å². The predicted molar refractivity (Wildman–Crippen MR) is 39.3 cm³/mol. The van der Waals surface area contributed by atoms with E-state index >= 15 is 0 Å². The zero-order chi connectivity index (χ0) is 5.91. The highest BCUT2D eigenvalue weighted by molar-refractivity contribution is 7.18. The molecule has 0 saturated carbocycles. The van der Waals surface area contributed by atoms with E-state index in [1.165, 1.54) is 0 Å². The molecule has 0 aromatic heterocycles. The molecular formula is C2H12O2Si3. The lowest BCUT2D eigenvalue weighted by atomic mass is 11.9. The van der Waals surface area contributed by atoms with Gasteiger partial charge in [0.05, 0.1) is 0 Å². The average Bonchev–Trinajstić information content (AvgIpc) is 1.68. The highest BCUT2D eigenvalue weighted by atomic mass is 29.2. The largest absolute Gasteiger partial charge is 0.464 e. The molecule has 0 heterocycles. The number of rotatable bonds is 2. The Kier molecular flexibility index (Phi) is 3.00. The second kappa shape index (κ2) is 2.78. The van der Waals surface area contributed by atoms with Crippen LogP contribution in [0.3, 0.4) is 0 Å². The Balaban J connectivity index is 3.36. The zero-order valence-corrected chi connectivity index (χ0v) is 9.48. The molecule has 44 valence electrons. The summed E-state index contributed by atoms with van der Waals surface area (Å²) in [5, 5.41) is 0. The molecule has 0 saturated heterocycles. The fourth-order valence-corrected chi connectivity index (χ4v) is 1.74. The highest BCUT2D eigenvalue weighted by Crippen LogP contribution is 1.95. The van der Waals surface area contributed by atoms with Crippen LogP contribution in [-0.2, 0) is 4.12 Å². The second-order valence-corrected chi connectivity index (χ2v) is 13.6. The van der Waals surface area contributed by atoms with Crippen LogP contribution in [0.2, 0.25) is 13.1 Å². The Morgan fingerprint density at radius 2 is 2.14 bits per heavy atom. The van der Waals surface area contributed by atoms with Gasteiger partial charge in [-0.3, -0.25) is 0 Å². The molecule has 0 aliphatic carbocycles. The molecule has 0 unspecified atom stereocenters. The van der Waals surface area contributed by atoms with E-state index in [0.717, 1.165) is 10.5 Å². The molecule has 0 amide bonds. The maximum atomic E-state index is 8.69. The third kappa shape index (κ3) is 3.18. The summed E-state index contributed by atoms with van der Waals surface area (Å²) < 4.78 is 5.18. The van der Waals surface area contributed by atoms with E-state index in [9.17, 15) is 0 Å². The Labute approximate surface area is 50.3 Å². The molecule has 0 aliphatic heterocycles. The fraction of sp³-hybridized carbons (Fsp3) is 1.00. The fourth-order valence-electron chi connectivity index (χ4n) is 0.0645. The van der Waals surface area contributed by atoms with Crippen LogP contribution in [-0.4, -0.2) is 32.4 Å². The molecule has 0 spiro atoms. The molecule has 0 atom stereocenters. The van der Waals surface area contributed by atoms with Crippen LogP contribution in [0.4, 0.5) is 0 Å². The first-order valence-electron chi connectivity index (χ1n) is 2.28. The maximum absolute atomic E-state index is 8.69. The molecular weight excluding hydrogens is 140 g/mol. The summed E-state index contributed by atoms with van der Waals surface area (Å²) in [7, 11) is -1.41. The van der Waals surface area contributed by atoms with Gasteiger partial charge in [-0.05, 0) is 13.1 Å². The van der Waals surface area contributed by atoms with Crippen molar-refractivity contribution in [3.8, 4) is 0 Å². The molecule has 0 rings (SSSR count). The Bertz CT molecular complexity index is 48.9. The van der Waals surface area contributed by atoms with Gasteiger partial charge < -0.3 is 8.91 Å². The molecule has 1 N–H and O–H groups in total. The van der Waals surface area contributed by atoms with Crippen molar-refractivity contribution in [2.45, 2.75) is 13.1 Å². The van der Waals surface area contributed by atoms with Gasteiger partial charge >= 0.3 is 0 Å². The molecule has 2 nitrogen and oxygen atoms in total. The van der Waals surface area contributed by atoms with Gasteiger partial charge in [-0.15, -0.1) is 0 Å². The molecule has 0 bridgehead atoms. The van der Waals surface area contributed by atoms with E-state index in [1.807, 2.05) is 0 Å². The van der Waals surface area contributed by atoms with E-state index in [-0.39, 0.29) is 0 Å². The molecule has 0 aliphatic rings. The smallest absolute Gasteiger partial charge is 0.184 e. The van der Waals surface area contributed by atoms with Crippen molar-refractivity contribution >= 4 is 27.6 Å². The monoisotopic (exact) mass is 152 g/mol. The Hall–Kier alpha value is 0.571. The minimum Gasteiger partial charge on any atom is -0.464 e. The minimum atomic E-state index is -1.40. The van der Waals surface area contributed by atoms with Gasteiger partial charge in [-0.1, -0.05) is 0 Å². The van der Waals surface area contributed by atoms with Gasteiger partial charge in [-0.2, -0.15) is 0 Å². The summed E-state index contributed by atoms with van der Waals surface area (Å²) in [5.41, 5.74) is 0. The van der Waals surface area contributed by atoms with E-state index < -0.39 is 17.1 Å². The maximum Gasteiger partial charge on any atom is 0.184 e. The average molecular weight is 152 g/mol. The Morgan fingerprint density at radius 3 is 2.14 bits per heavy atom. The van der Waals surface area contributed by atoms with E-state index in [0.29, 0.717) is 0 Å². The normalized spacial score (nSPS) is 14.1. The van der Waals surface area contributed by atoms with Crippen molar-refractivity contribution in [1.29, 1.82) is 0 Å². The molecule has 0 radical (unpaired) electrons. The van der Waals surface area contributed by atoms with Gasteiger partial charge in [0.2, 0.25) is 0 Å². The van der Waals surface area contributed by atoms with Crippen molar-refractivity contribution in [3.05, 3.63) is 0 Å². The van der Waals surface area contributed by atoms with Gasteiger partial charge in [0.25, 0.3) is 0 Å². The zero-order valence-electron chi connectivity index (χ0n) is 5.06. The van der Waals surface area contributed by atoms with Gasteiger partial charge in [0.15, 0.2) is 17.1 Å². The SMILES string of the molecule is C[Si](C)(O[SiH3])[SiH2]O. The predicted octanol–water partition coefficient (Wildman–Crippen LogP) is -1.94. The second-order valence-electron chi connectivity index (χ2n) is 2.12. The summed E-state index contributed by atoms with van der Waals surface area (Å²) in [6.45, 7) is 4.12. The van der Waals surface area contributed by atoms with Crippen LogP contribution < -0.4 is 0 Å². The van der Waals surface area contributed by atoms with Crippen molar-refractivity contribution in [1.82, 2.24) is 0 Å². The van der Waals surface area contributed by atoms with Crippen molar-refractivity contribution in [3.63, 3.8) is 0 Å². The van der Waals surface area contributed by atoms with Crippen molar-refractivity contribution in [2.24, 2.45) is 0 Å². The first-order chi connectivity index (χ1) is 3.12. The third-order valence-electron chi connectivity index (χ3n) is 0.933. The first kappa shape index (κ1) is 7.57. The van der Waals surface area contributed by atoms with Crippen molar-refractivity contribution < 1.29 is 8.91 Å². The Morgan fingerprint density at radius 1 is 1.71 bits per heavy atom. The summed E-state index contributed by atoms with van der Waals surface area (Å²) in [5.74, 6) is 0. The first-order valence-corrected chi connectivity index (χ1v) is 8.97. The summed E-state index contributed by atoms with van der Waals surface area (Å²) in [4.78, 5) is 8.69. The molecule has 0 fully saturated rings. The lowest BCUT2D eigenvalue weighted by molar-refractivity contribution is 0.583. The molecule has 5 heteroatoms. The standard InChI is InChI=1S/C2H12O2Si3/c1-7(2,4-5)6-3/h3H,6H2,1-2,5H3. The van der Waals surface area contributed by atoms with E-state index in [1.54, 1.807) is 0 Å². The highest BCUT2D eigenvalue weighted by Gasteiger charge is 2.17. The lowest BCUT2D eigenvalue weighted by Crippen LogP contribution is -2.37. The van der Waals surface area contributed by atoms with Crippen LogP contribution in [0.1, 0.15) is 0 Å². The molecule has 0 aromatic carbocycles. The van der Waals surface area contributed by atoms with E-state index in [2.05, 4.69) is 13.1 Å². The molecule has 7 heavy (non-hydrogen) atoms. The van der Waals surface area contributed by atoms with Crippen LogP contribution in [0.15, 0.2) is 0 Å². The van der Waals surface area contributed by atoms with E-state index in [4.69, 9.17) is 8.91 Å². The van der Waals surface area contributed by atoms with Crippen LogP contribution in [0, 0.1) is 0 Å². The quantitative estimate of drug-likeness (QED) is 0.467. The summed E-state index contributed by atoms with van der Waals surface area (Å²) >= 11 is 0. The van der Waals surface area contributed by atoms with Gasteiger partial charge in [-0.25, -0.2) is 0 Å². The van der Waals surface area contributed by atoms with Crippen LogP contribution in [0.25, 0.3) is 0 Å². The molecule has 0 aromatic rings. The topological polar surface area (TPSA) is 29.5 Å². The van der Waals surface area contributed by atoms with Crippen molar-refractivity contribution in [2.75, 3.05) is 0 Å². The lowest BCUT2D eigenvalue weighted by Gasteiger charge is -2.15. The minimum absolute atomic E-state index is 0.793. The number of hydrogen-bond acceptors (Lipinski definition) is 2. The number of hydrogen-bond donors (Lipinski definition) is 1. The van der Waals surface area contributed by atoms with Gasteiger partial charge in [0, 0.05) is 0 Å².